The van der Waals surface area contributed by atoms with Gasteiger partial charge in [0.15, 0.2) is 0 Å². The molecule has 0 heterocycles. The molecule has 0 aliphatic rings. The van der Waals surface area contributed by atoms with E-state index in [0.29, 0.717) is 28.1 Å². The van der Waals surface area contributed by atoms with Crippen LogP contribution in [0.25, 0.3) is 0 Å². The second kappa shape index (κ2) is 5.03. The van der Waals surface area contributed by atoms with E-state index in [4.69, 9.17) is 40.7 Å². The van der Waals surface area contributed by atoms with Crippen molar-refractivity contribution in [2.75, 3.05) is 6.61 Å². The van der Waals surface area contributed by atoms with Crippen LogP contribution in [0.15, 0.2) is 12.1 Å². The highest BCUT2D eigenvalue weighted by atomic mass is 35.5. The third kappa shape index (κ3) is 3.01. The molecule has 1 aromatic carbocycles. The van der Waals surface area contributed by atoms with E-state index in [1.54, 1.807) is 12.1 Å². The van der Waals surface area contributed by atoms with Crippen LogP contribution >= 0.6 is 34.8 Å². The third-order valence-corrected chi connectivity index (χ3v) is 2.47. The van der Waals surface area contributed by atoms with Gasteiger partial charge in [0.1, 0.15) is 0 Å². The molecule has 0 saturated heterocycles. The third-order valence-electron chi connectivity index (χ3n) is 1.58. The molecule has 0 amide bonds. The average Bonchev–Trinajstić information content (AvgIpc) is 2.02. The molecule has 2 nitrogen and oxygen atoms in total. The van der Waals surface area contributed by atoms with Gasteiger partial charge in [0.05, 0.1) is 6.61 Å². The SMILES string of the molecule is NOCCc1c(Cl)cc(Cl)cc1Cl. The molecule has 0 aliphatic carbocycles. The van der Waals surface area contributed by atoms with Gasteiger partial charge < -0.3 is 4.84 Å². The van der Waals surface area contributed by atoms with Crippen molar-refractivity contribution in [2.24, 2.45) is 5.90 Å². The van der Waals surface area contributed by atoms with Gasteiger partial charge in [-0.15, -0.1) is 0 Å². The summed E-state index contributed by atoms with van der Waals surface area (Å²) in [5.41, 5.74) is 0.804. The number of hydrogen-bond acceptors (Lipinski definition) is 2. The smallest absolute Gasteiger partial charge is 0.0720 e. The highest BCUT2D eigenvalue weighted by molar-refractivity contribution is 6.39. The molecule has 0 bridgehead atoms. The van der Waals surface area contributed by atoms with E-state index in [1.807, 2.05) is 0 Å². The minimum atomic E-state index is 0.376. The minimum absolute atomic E-state index is 0.376. The van der Waals surface area contributed by atoms with Gasteiger partial charge in [-0.05, 0) is 17.7 Å². The predicted octanol–water partition coefficient (Wildman–Crippen LogP) is 3.08. The summed E-state index contributed by atoms with van der Waals surface area (Å²) in [7, 11) is 0. The van der Waals surface area contributed by atoms with Crippen LogP contribution in [0.5, 0.6) is 0 Å². The predicted molar refractivity (Wildman–Crippen MR) is 55.3 cm³/mol. The van der Waals surface area contributed by atoms with Crippen LogP contribution < -0.4 is 5.90 Å². The van der Waals surface area contributed by atoms with E-state index in [1.165, 1.54) is 0 Å². The molecule has 0 radical (unpaired) electrons. The lowest BCUT2D eigenvalue weighted by Gasteiger charge is -2.06. The van der Waals surface area contributed by atoms with Crippen molar-refractivity contribution in [1.29, 1.82) is 0 Å². The molecule has 0 aliphatic heterocycles. The summed E-state index contributed by atoms with van der Waals surface area (Å²) in [4.78, 5) is 4.44. The van der Waals surface area contributed by atoms with Crippen LogP contribution in [0.1, 0.15) is 5.56 Å². The Morgan fingerprint density at radius 2 is 1.69 bits per heavy atom. The van der Waals surface area contributed by atoms with Gasteiger partial charge in [0, 0.05) is 21.5 Å². The maximum Gasteiger partial charge on any atom is 0.0720 e. The summed E-state index contributed by atoms with van der Waals surface area (Å²) in [6.45, 7) is 0.376. The normalized spacial score (nSPS) is 10.5. The quantitative estimate of drug-likeness (QED) is 0.824. The highest BCUT2D eigenvalue weighted by Gasteiger charge is 2.06. The average molecular weight is 241 g/mol. The van der Waals surface area contributed by atoms with Crippen molar-refractivity contribution in [2.45, 2.75) is 6.42 Å². The molecule has 5 heteroatoms. The summed E-state index contributed by atoms with van der Waals surface area (Å²) in [5.74, 6) is 4.89. The first kappa shape index (κ1) is 11.1. The Kier molecular flexibility index (Phi) is 4.29. The lowest BCUT2D eigenvalue weighted by Crippen LogP contribution is -2.04. The Morgan fingerprint density at radius 1 is 1.15 bits per heavy atom. The summed E-state index contributed by atoms with van der Waals surface area (Å²) < 4.78 is 0. The van der Waals surface area contributed by atoms with Gasteiger partial charge in [-0.25, -0.2) is 5.90 Å². The van der Waals surface area contributed by atoms with Crippen molar-refractivity contribution in [1.82, 2.24) is 0 Å². The summed E-state index contributed by atoms with van der Waals surface area (Å²) >= 11 is 17.5. The monoisotopic (exact) mass is 239 g/mol. The molecule has 1 rings (SSSR count). The van der Waals surface area contributed by atoms with Gasteiger partial charge in [-0.3, -0.25) is 0 Å². The summed E-state index contributed by atoms with van der Waals surface area (Å²) in [5, 5.41) is 1.59. The van der Waals surface area contributed by atoms with Crippen LogP contribution in [0.3, 0.4) is 0 Å². The van der Waals surface area contributed by atoms with Crippen molar-refractivity contribution < 1.29 is 4.84 Å². The molecule has 0 spiro atoms. The number of rotatable bonds is 3. The zero-order valence-electron chi connectivity index (χ0n) is 6.69. The van der Waals surface area contributed by atoms with E-state index in [2.05, 4.69) is 4.84 Å². The van der Waals surface area contributed by atoms with E-state index in [-0.39, 0.29) is 0 Å². The maximum atomic E-state index is 5.91. The fourth-order valence-electron chi connectivity index (χ4n) is 0.972. The van der Waals surface area contributed by atoms with E-state index < -0.39 is 0 Å². The first-order chi connectivity index (χ1) is 6.15. The first-order valence-corrected chi connectivity index (χ1v) is 4.73. The molecule has 0 saturated carbocycles. The molecule has 2 N–H and O–H groups in total. The van der Waals surface area contributed by atoms with Gasteiger partial charge in [-0.1, -0.05) is 34.8 Å². The Morgan fingerprint density at radius 3 is 2.15 bits per heavy atom. The Labute approximate surface area is 91.5 Å². The number of halogens is 3. The number of nitrogens with two attached hydrogens (primary N) is 1. The second-order valence-corrected chi connectivity index (χ2v) is 3.72. The molecular formula is C8H8Cl3NO. The molecule has 0 unspecified atom stereocenters. The molecule has 1 aromatic rings. The molecule has 0 atom stereocenters. The van der Waals surface area contributed by atoms with Crippen molar-refractivity contribution in [3.8, 4) is 0 Å². The Bertz CT molecular complexity index is 280. The van der Waals surface area contributed by atoms with Crippen molar-refractivity contribution in [3.05, 3.63) is 32.8 Å². The zero-order valence-corrected chi connectivity index (χ0v) is 8.96. The zero-order chi connectivity index (χ0) is 9.84. The second-order valence-electron chi connectivity index (χ2n) is 2.47. The lowest BCUT2D eigenvalue weighted by atomic mass is 10.1. The fourth-order valence-corrected chi connectivity index (χ4v) is 1.98. The van der Waals surface area contributed by atoms with E-state index in [0.717, 1.165) is 5.56 Å². The molecule has 13 heavy (non-hydrogen) atoms. The van der Waals surface area contributed by atoms with E-state index in [9.17, 15) is 0 Å². The van der Waals surface area contributed by atoms with Crippen LogP contribution in [-0.2, 0) is 11.3 Å². The molecule has 72 valence electrons. The standard InChI is InChI=1S/C8H8Cl3NO/c9-5-3-7(10)6(1-2-13-12)8(11)4-5/h3-4H,1-2,12H2. The molecule has 0 aromatic heterocycles. The van der Waals surface area contributed by atoms with E-state index >= 15 is 0 Å². The van der Waals surface area contributed by atoms with Crippen molar-refractivity contribution >= 4 is 34.8 Å². The summed E-state index contributed by atoms with van der Waals surface area (Å²) in [6.07, 6.45) is 0.575. The van der Waals surface area contributed by atoms with Crippen LogP contribution in [0.2, 0.25) is 15.1 Å². The largest absolute Gasteiger partial charge is 0.304 e. The molecular weight excluding hydrogens is 232 g/mol. The van der Waals surface area contributed by atoms with Gasteiger partial charge >= 0.3 is 0 Å². The van der Waals surface area contributed by atoms with Gasteiger partial charge in [0.25, 0.3) is 0 Å². The molecule has 0 fully saturated rings. The van der Waals surface area contributed by atoms with Gasteiger partial charge in [-0.2, -0.15) is 0 Å². The van der Waals surface area contributed by atoms with Gasteiger partial charge in [0.2, 0.25) is 0 Å². The van der Waals surface area contributed by atoms with Crippen LogP contribution in [-0.4, -0.2) is 6.61 Å². The maximum absolute atomic E-state index is 5.91. The van der Waals surface area contributed by atoms with Crippen molar-refractivity contribution in [3.63, 3.8) is 0 Å². The minimum Gasteiger partial charge on any atom is -0.304 e. The fraction of sp³-hybridized carbons (Fsp3) is 0.250. The van der Waals surface area contributed by atoms with Crippen LogP contribution in [0.4, 0.5) is 0 Å². The Balaban J connectivity index is 2.92. The topological polar surface area (TPSA) is 35.2 Å². The highest BCUT2D eigenvalue weighted by Crippen LogP contribution is 2.29. The number of hydrogen-bond donors (Lipinski definition) is 1. The Hall–Kier alpha value is 0.01000. The lowest BCUT2D eigenvalue weighted by molar-refractivity contribution is 0.141. The number of benzene rings is 1. The summed E-state index contributed by atoms with van der Waals surface area (Å²) in [6, 6.07) is 3.28. The first-order valence-electron chi connectivity index (χ1n) is 3.60. The van der Waals surface area contributed by atoms with Crippen LogP contribution in [0, 0.1) is 0 Å².